The molecule has 0 bridgehead atoms. The second-order valence-corrected chi connectivity index (χ2v) is 12.1. The highest BCUT2D eigenvalue weighted by Gasteiger charge is 2.34. The van der Waals surface area contributed by atoms with Crippen molar-refractivity contribution in [1.29, 1.82) is 0 Å². The van der Waals surface area contributed by atoms with Crippen LogP contribution < -0.4 is 25.2 Å². The molecule has 0 aliphatic carbocycles. The number of thiazole rings is 1. The van der Waals surface area contributed by atoms with Crippen LogP contribution in [0.15, 0.2) is 84.4 Å². The summed E-state index contributed by atoms with van der Waals surface area (Å²) < 4.78 is 12.5. The Kier molecular flexibility index (Phi) is 8.65. The maximum Gasteiger partial charge on any atom is 0.338 e. The Hall–Kier alpha value is -4.82. The van der Waals surface area contributed by atoms with Gasteiger partial charge < -0.3 is 14.5 Å². The molecule has 14 heteroatoms. The Morgan fingerprint density at radius 3 is 2.52 bits per heavy atom. The lowest BCUT2D eigenvalue weighted by Crippen LogP contribution is -2.40. The first-order valence-electron chi connectivity index (χ1n) is 13.4. The zero-order valence-electron chi connectivity index (χ0n) is 24.3. The molecule has 0 radical (unpaired) electrons. The highest BCUT2D eigenvalue weighted by Crippen LogP contribution is 2.34. The van der Waals surface area contributed by atoms with E-state index in [-0.39, 0.29) is 37.5 Å². The average molecular weight is 634 g/mol. The number of fused-ring (bicyclic) bond motifs is 1. The van der Waals surface area contributed by atoms with E-state index in [9.17, 15) is 24.5 Å². The lowest BCUT2D eigenvalue weighted by atomic mass is 9.96. The first kappa shape index (κ1) is 30.6. The summed E-state index contributed by atoms with van der Waals surface area (Å²) in [7, 11) is 1.55. The van der Waals surface area contributed by atoms with Crippen LogP contribution in [0.25, 0.3) is 6.08 Å². The highest BCUT2D eigenvalue weighted by atomic mass is 32.2. The van der Waals surface area contributed by atoms with Crippen molar-refractivity contribution in [3.63, 3.8) is 0 Å². The van der Waals surface area contributed by atoms with Gasteiger partial charge in [-0.25, -0.2) is 14.8 Å². The molecule has 3 heterocycles. The van der Waals surface area contributed by atoms with E-state index in [0.717, 1.165) is 23.1 Å². The van der Waals surface area contributed by atoms with Gasteiger partial charge in [0.05, 0.1) is 44.9 Å². The minimum absolute atomic E-state index is 0.216. The van der Waals surface area contributed by atoms with Crippen LogP contribution in [0, 0.1) is 17.0 Å². The molecule has 0 spiro atoms. The Bertz CT molecular complexity index is 2060. The Morgan fingerprint density at radius 1 is 1.16 bits per heavy atom. The third kappa shape index (κ3) is 6.26. The molecule has 44 heavy (non-hydrogen) atoms. The van der Waals surface area contributed by atoms with Crippen molar-refractivity contribution in [1.82, 2.24) is 14.5 Å². The van der Waals surface area contributed by atoms with Crippen LogP contribution in [-0.2, 0) is 9.53 Å². The number of nitro benzene ring substituents is 1. The number of aromatic amines is 1. The number of carbonyl (C=O) groups is 1. The SMILES string of the molecule is COc1ccc([C@H]2C(C(=O)OC(C)C)=C(C)N=c3s/c(=C/c4ccc(Sc5nc(C)cc(=O)[nH]5)c([N+](=O)[O-])c4)c(=O)n32)cc1. The number of nitrogens with zero attached hydrogens (tertiary/aromatic N) is 4. The van der Waals surface area contributed by atoms with Crippen LogP contribution >= 0.6 is 23.1 Å². The number of hydrogen-bond donors (Lipinski definition) is 1. The van der Waals surface area contributed by atoms with Crippen molar-refractivity contribution >= 4 is 40.8 Å². The molecule has 1 N–H and O–H groups in total. The first-order chi connectivity index (χ1) is 20.9. The maximum absolute atomic E-state index is 13.9. The summed E-state index contributed by atoms with van der Waals surface area (Å²) in [6, 6.07) is 12.1. The zero-order chi connectivity index (χ0) is 31.7. The fraction of sp³-hybridized carbons (Fsp3) is 0.233. The summed E-state index contributed by atoms with van der Waals surface area (Å²) in [5, 5.41) is 12.2. The van der Waals surface area contributed by atoms with Crippen LogP contribution in [0.2, 0.25) is 0 Å². The molecule has 1 aliphatic heterocycles. The van der Waals surface area contributed by atoms with E-state index < -0.39 is 22.5 Å². The standard InChI is InChI=1S/C30H27N5O7S2/c1-15(2)42-28(38)25-17(4)32-30-34(26(25)19-7-9-20(41-5)10-8-19)27(37)23(44-30)14-18-6-11-22(21(13-18)35(39)40)43-29-31-16(3)12-24(36)33-29/h6-15,26H,1-5H3,(H,31,33,36)/b23-14+/t26-/m0/s1. The normalized spacial score (nSPS) is 14.8. The van der Waals surface area contributed by atoms with E-state index in [1.807, 2.05) is 0 Å². The number of hydrogen-bond acceptors (Lipinski definition) is 11. The number of carbonyl (C=O) groups excluding carboxylic acids is 1. The van der Waals surface area contributed by atoms with Gasteiger partial charge in [-0.1, -0.05) is 29.5 Å². The fourth-order valence-electron chi connectivity index (χ4n) is 4.67. The van der Waals surface area contributed by atoms with Crippen molar-refractivity contribution in [3.8, 4) is 5.75 Å². The second kappa shape index (κ2) is 12.4. The van der Waals surface area contributed by atoms with Gasteiger partial charge in [0.1, 0.15) is 5.75 Å². The average Bonchev–Trinajstić information content (AvgIpc) is 3.25. The van der Waals surface area contributed by atoms with E-state index in [2.05, 4.69) is 15.0 Å². The fourth-order valence-corrected chi connectivity index (χ4v) is 6.64. The number of nitro groups is 1. The second-order valence-electron chi connectivity index (χ2n) is 10.1. The molecular weight excluding hydrogens is 606 g/mol. The van der Waals surface area contributed by atoms with E-state index >= 15 is 0 Å². The number of rotatable bonds is 8. The van der Waals surface area contributed by atoms with Crippen molar-refractivity contribution in [2.75, 3.05) is 7.11 Å². The van der Waals surface area contributed by atoms with Gasteiger partial charge in [0.25, 0.3) is 16.8 Å². The van der Waals surface area contributed by atoms with Gasteiger partial charge in [-0.3, -0.25) is 24.3 Å². The summed E-state index contributed by atoms with van der Waals surface area (Å²) in [4.78, 5) is 62.5. The van der Waals surface area contributed by atoms with Gasteiger partial charge in [0.15, 0.2) is 9.96 Å². The van der Waals surface area contributed by atoms with Crippen LogP contribution in [0.4, 0.5) is 5.69 Å². The van der Waals surface area contributed by atoms with Gasteiger partial charge in [0.2, 0.25) is 0 Å². The number of nitrogens with one attached hydrogen (secondary N) is 1. The minimum atomic E-state index is -0.817. The van der Waals surface area contributed by atoms with E-state index in [1.54, 1.807) is 77.3 Å². The van der Waals surface area contributed by atoms with E-state index in [0.29, 0.717) is 33.1 Å². The van der Waals surface area contributed by atoms with Gasteiger partial charge in [0, 0.05) is 17.8 Å². The van der Waals surface area contributed by atoms with Gasteiger partial charge in [-0.2, -0.15) is 0 Å². The van der Waals surface area contributed by atoms with Crippen molar-refractivity contribution < 1.29 is 19.2 Å². The monoisotopic (exact) mass is 633 g/mol. The molecule has 226 valence electrons. The van der Waals surface area contributed by atoms with Crippen molar-refractivity contribution in [2.24, 2.45) is 4.99 Å². The number of methoxy groups -OCH3 is 1. The Morgan fingerprint density at radius 2 is 1.89 bits per heavy atom. The van der Waals surface area contributed by atoms with E-state index in [4.69, 9.17) is 9.47 Å². The summed E-state index contributed by atoms with van der Waals surface area (Å²) >= 11 is 2.07. The third-order valence-electron chi connectivity index (χ3n) is 6.55. The molecule has 4 aromatic rings. The number of benzene rings is 2. The first-order valence-corrected chi connectivity index (χ1v) is 15.0. The Labute approximate surface area is 258 Å². The summed E-state index contributed by atoms with van der Waals surface area (Å²) in [5.41, 5.74) is 1.21. The minimum Gasteiger partial charge on any atom is -0.497 e. The van der Waals surface area contributed by atoms with E-state index in [1.165, 1.54) is 16.7 Å². The van der Waals surface area contributed by atoms with Gasteiger partial charge >= 0.3 is 5.97 Å². The lowest BCUT2D eigenvalue weighted by molar-refractivity contribution is -0.387. The highest BCUT2D eigenvalue weighted by molar-refractivity contribution is 7.99. The number of H-pyrrole nitrogens is 1. The number of aryl methyl sites for hydroxylation is 1. The van der Waals surface area contributed by atoms with Crippen LogP contribution in [-0.4, -0.2) is 38.6 Å². The summed E-state index contributed by atoms with van der Waals surface area (Å²) in [5.74, 6) is 0.0328. The molecule has 0 saturated heterocycles. The molecule has 2 aromatic heterocycles. The molecule has 1 atom stereocenters. The van der Waals surface area contributed by atoms with Crippen molar-refractivity contribution in [3.05, 3.63) is 117 Å². The summed E-state index contributed by atoms with van der Waals surface area (Å²) in [6.07, 6.45) is 1.16. The van der Waals surface area contributed by atoms with Gasteiger partial charge in [-0.15, -0.1) is 0 Å². The van der Waals surface area contributed by atoms with Crippen LogP contribution in [0.5, 0.6) is 5.75 Å². The molecule has 12 nitrogen and oxygen atoms in total. The zero-order valence-corrected chi connectivity index (χ0v) is 25.9. The molecule has 1 aliphatic rings. The smallest absolute Gasteiger partial charge is 0.338 e. The van der Waals surface area contributed by atoms with Crippen molar-refractivity contribution in [2.45, 2.75) is 49.9 Å². The third-order valence-corrected chi connectivity index (χ3v) is 8.48. The molecule has 0 amide bonds. The molecule has 2 aromatic carbocycles. The number of esters is 1. The molecule has 0 fully saturated rings. The molecule has 5 rings (SSSR count). The molecule has 0 unspecified atom stereocenters. The lowest BCUT2D eigenvalue weighted by Gasteiger charge is -2.25. The topological polar surface area (TPSA) is 159 Å². The van der Waals surface area contributed by atoms with Crippen LogP contribution in [0.1, 0.15) is 43.6 Å². The number of aromatic nitrogens is 3. The number of allylic oxidation sites excluding steroid dienone is 1. The predicted molar refractivity (Wildman–Crippen MR) is 165 cm³/mol. The summed E-state index contributed by atoms with van der Waals surface area (Å²) in [6.45, 7) is 6.83. The largest absolute Gasteiger partial charge is 0.497 e. The van der Waals surface area contributed by atoms with Crippen LogP contribution in [0.3, 0.4) is 0 Å². The maximum atomic E-state index is 13.9. The predicted octanol–water partition coefficient (Wildman–Crippen LogP) is 3.65. The number of ether oxygens (including phenoxy) is 2. The quantitative estimate of drug-likeness (QED) is 0.132. The Balaban J connectivity index is 1.62. The van der Waals surface area contributed by atoms with Gasteiger partial charge in [-0.05, 0) is 74.9 Å². The molecule has 0 saturated carbocycles. The molecular formula is C30H27N5O7S2.